The first-order valence-electron chi connectivity index (χ1n) is 6.31. The summed E-state index contributed by atoms with van der Waals surface area (Å²) in [6.45, 7) is 3.45. The van der Waals surface area contributed by atoms with Crippen molar-refractivity contribution in [2.45, 2.75) is 45.1 Å². The number of nitrogens with zero attached hydrogens (tertiary/aromatic N) is 2. The molecule has 1 heterocycles. The second kappa shape index (κ2) is 4.95. The van der Waals surface area contributed by atoms with Crippen LogP contribution in [0.1, 0.15) is 47.6 Å². The Balaban J connectivity index is 2.22. The van der Waals surface area contributed by atoms with E-state index in [4.69, 9.17) is 0 Å². The molecular weight excluding hydrogens is 246 g/mol. The van der Waals surface area contributed by atoms with Gasteiger partial charge in [0.1, 0.15) is 11.4 Å². The van der Waals surface area contributed by atoms with Crippen molar-refractivity contribution in [2.24, 2.45) is 0 Å². The minimum Gasteiger partial charge on any atom is -0.480 e. The highest BCUT2D eigenvalue weighted by Gasteiger charge is 2.42. The van der Waals surface area contributed by atoms with Gasteiger partial charge in [0, 0.05) is 6.20 Å². The van der Waals surface area contributed by atoms with Crippen molar-refractivity contribution in [1.29, 1.82) is 0 Å². The molecule has 19 heavy (non-hydrogen) atoms. The molecule has 2 N–H and O–H groups in total. The van der Waals surface area contributed by atoms with E-state index in [1.54, 1.807) is 13.8 Å². The first-order valence-corrected chi connectivity index (χ1v) is 6.31. The van der Waals surface area contributed by atoms with Crippen molar-refractivity contribution in [3.05, 3.63) is 23.3 Å². The minimum absolute atomic E-state index is 0.332. The normalized spacial score (nSPS) is 17.2. The van der Waals surface area contributed by atoms with Crippen molar-refractivity contribution < 1.29 is 14.7 Å². The standard InChI is InChI=1S/C13H17N3O3/c1-8-10(7-14-9(2)15-8)11(17)16-13(12(18)19)5-3-4-6-13/h7H,3-6H2,1-2H3,(H,16,17)(H,18,19). The zero-order valence-corrected chi connectivity index (χ0v) is 11.1. The lowest BCUT2D eigenvalue weighted by molar-refractivity contribution is -0.144. The van der Waals surface area contributed by atoms with Crippen LogP contribution >= 0.6 is 0 Å². The fraction of sp³-hybridized carbons (Fsp3) is 0.538. The van der Waals surface area contributed by atoms with Crippen molar-refractivity contribution in [3.8, 4) is 0 Å². The minimum atomic E-state index is -1.13. The second-order valence-electron chi connectivity index (χ2n) is 4.96. The van der Waals surface area contributed by atoms with Crippen LogP contribution in [-0.4, -0.2) is 32.5 Å². The number of nitrogens with one attached hydrogen (secondary N) is 1. The molecule has 1 fully saturated rings. The molecule has 0 radical (unpaired) electrons. The Hall–Kier alpha value is -1.98. The van der Waals surface area contributed by atoms with Gasteiger partial charge in [0.15, 0.2) is 0 Å². The van der Waals surface area contributed by atoms with Gasteiger partial charge in [-0.2, -0.15) is 0 Å². The third kappa shape index (κ3) is 2.57. The number of carbonyl (C=O) groups is 2. The SMILES string of the molecule is Cc1ncc(C(=O)NC2(C(=O)O)CCCC2)c(C)n1. The molecule has 0 unspecified atom stereocenters. The fourth-order valence-corrected chi connectivity index (χ4v) is 2.46. The van der Waals surface area contributed by atoms with Crippen molar-refractivity contribution in [2.75, 3.05) is 0 Å². The summed E-state index contributed by atoms with van der Waals surface area (Å²) in [5.74, 6) is -0.798. The van der Waals surface area contributed by atoms with Gasteiger partial charge in [0.25, 0.3) is 5.91 Å². The maximum atomic E-state index is 12.2. The number of aromatic nitrogens is 2. The van der Waals surface area contributed by atoms with Crippen LogP contribution in [-0.2, 0) is 4.79 Å². The largest absolute Gasteiger partial charge is 0.480 e. The summed E-state index contributed by atoms with van der Waals surface area (Å²) in [4.78, 5) is 31.7. The Morgan fingerprint density at radius 2 is 1.95 bits per heavy atom. The topological polar surface area (TPSA) is 92.2 Å². The van der Waals surface area contributed by atoms with Gasteiger partial charge in [-0.05, 0) is 26.7 Å². The first-order chi connectivity index (χ1) is 8.94. The maximum Gasteiger partial charge on any atom is 0.329 e. The molecule has 1 saturated carbocycles. The summed E-state index contributed by atoms with van der Waals surface area (Å²) in [5, 5.41) is 12.0. The van der Waals surface area contributed by atoms with E-state index in [-0.39, 0.29) is 0 Å². The molecule has 0 atom stereocenters. The smallest absolute Gasteiger partial charge is 0.329 e. The predicted molar refractivity (Wildman–Crippen MR) is 67.8 cm³/mol. The van der Waals surface area contributed by atoms with Crippen LogP contribution in [0.5, 0.6) is 0 Å². The van der Waals surface area contributed by atoms with E-state index in [0.29, 0.717) is 29.9 Å². The second-order valence-corrected chi connectivity index (χ2v) is 4.96. The highest BCUT2D eigenvalue weighted by molar-refractivity contribution is 5.98. The Bertz CT molecular complexity index is 522. The molecule has 0 spiro atoms. The molecule has 0 aliphatic heterocycles. The number of carboxylic acid groups (broad SMARTS) is 1. The number of aryl methyl sites for hydroxylation is 2. The van der Waals surface area contributed by atoms with Gasteiger partial charge in [-0.15, -0.1) is 0 Å². The van der Waals surface area contributed by atoms with Gasteiger partial charge < -0.3 is 10.4 Å². The van der Waals surface area contributed by atoms with E-state index in [9.17, 15) is 14.7 Å². The number of hydrogen-bond acceptors (Lipinski definition) is 4. The average Bonchev–Trinajstić information content (AvgIpc) is 2.78. The van der Waals surface area contributed by atoms with Crippen LogP contribution in [0.15, 0.2) is 6.20 Å². The lowest BCUT2D eigenvalue weighted by Crippen LogP contribution is -2.52. The van der Waals surface area contributed by atoms with E-state index in [1.165, 1.54) is 6.20 Å². The monoisotopic (exact) mass is 263 g/mol. The van der Waals surface area contributed by atoms with Gasteiger partial charge in [0.05, 0.1) is 11.3 Å². The summed E-state index contributed by atoms with van der Waals surface area (Å²) in [6.07, 6.45) is 4.02. The van der Waals surface area contributed by atoms with E-state index >= 15 is 0 Å². The highest BCUT2D eigenvalue weighted by atomic mass is 16.4. The third-order valence-corrected chi connectivity index (χ3v) is 3.56. The van der Waals surface area contributed by atoms with Gasteiger partial charge in [0.2, 0.25) is 0 Å². The Kier molecular flexibility index (Phi) is 3.50. The molecule has 0 aromatic carbocycles. The molecule has 1 aromatic rings. The molecule has 1 aliphatic rings. The lowest BCUT2D eigenvalue weighted by Gasteiger charge is -2.25. The van der Waals surface area contributed by atoms with E-state index in [2.05, 4.69) is 15.3 Å². The van der Waals surface area contributed by atoms with E-state index in [0.717, 1.165) is 12.8 Å². The van der Waals surface area contributed by atoms with Crippen LogP contribution in [0, 0.1) is 13.8 Å². The van der Waals surface area contributed by atoms with Crippen molar-refractivity contribution in [1.82, 2.24) is 15.3 Å². The van der Waals surface area contributed by atoms with Gasteiger partial charge >= 0.3 is 5.97 Å². The van der Waals surface area contributed by atoms with Crippen molar-refractivity contribution >= 4 is 11.9 Å². The Morgan fingerprint density at radius 1 is 1.32 bits per heavy atom. The zero-order chi connectivity index (χ0) is 14.0. The number of rotatable bonds is 3. The number of hydrogen-bond donors (Lipinski definition) is 2. The molecule has 1 amide bonds. The zero-order valence-electron chi connectivity index (χ0n) is 11.1. The number of amides is 1. The quantitative estimate of drug-likeness (QED) is 0.855. The lowest BCUT2D eigenvalue weighted by atomic mass is 9.97. The molecular formula is C13H17N3O3. The summed E-state index contributed by atoms with van der Waals surface area (Å²) >= 11 is 0. The van der Waals surface area contributed by atoms with Crippen LogP contribution in [0.4, 0.5) is 0 Å². The molecule has 1 aromatic heterocycles. The van der Waals surface area contributed by atoms with E-state index in [1.807, 2.05) is 0 Å². The molecule has 0 bridgehead atoms. The molecule has 0 saturated heterocycles. The van der Waals surface area contributed by atoms with Crippen LogP contribution in [0.3, 0.4) is 0 Å². The van der Waals surface area contributed by atoms with Gasteiger partial charge in [-0.1, -0.05) is 12.8 Å². The first kappa shape index (κ1) is 13.5. The highest BCUT2D eigenvalue weighted by Crippen LogP contribution is 2.30. The Labute approximate surface area is 111 Å². The predicted octanol–water partition coefficient (Wildman–Crippen LogP) is 1.22. The maximum absolute atomic E-state index is 12.2. The fourth-order valence-electron chi connectivity index (χ4n) is 2.46. The summed E-state index contributed by atoms with van der Waals surface area (Å²) < 4.78 is 0. The molecule has 6 heteroatoms. The number of aliphatic carboxylic acids is 1. The van der Waals surface area contributed by atoms with Gasteiger partial charge in [-0.3, -0.25) is 4.79 Å². The molecule has 2 rings (SSSR count). The van der Waals surface area contributed by atoms with Crippen LogP contribution < -0.4 is 5.32 Å². The molecule has 6 nitrogen and oxygen atoms in total. The number of carboxylic acids is 1. The summed E-state index contributed by atoms with van der Waals surface area (Å²) in [7, 11) is 0. The van der Waals surface area contributed by atoms with Gasteiger partial charge in [-0.25, -0.2) is 14.8 Å². The molecule has 102 valence electrons. The number of carbonyl (C=O) groups excluding carboxylic acids is 1. The summed E-state index contributed by atoms with van der Waals surface area (Å²) in [6, 6.07) is 0. The van der Waals surface area contributed by atoms with Crippen LogP contribution in [0.2, 0.25) is 0 Å². The average molecular weight is 263 g/mol. The van der Waals surface area contributed by atoms with Crippen LogP contribution in [0.25, 0.3) is 0 Å². The van der Waals surface area contributed by atoms with Crippen molar-refractivity contribution in [3.63, 3.8) is 0 Å². The Morgan fingerprint density at radius 3 is 2.47 bits per heavy atom. The molecule has 1 aliphatic carbocycles. The van der Waals surface area contributed by atoms with E-state index < -0.39 is 17.4 Å². The third-order valence-electron chi connectivity index (χ3n) is 3.56. The summed E-state index contributed by atoms with van der Waals surface area (Å²) in [5.41, 5.74) is -0.240.